The fourth-order valence-electron chi connectivity index (χ4n) is 4.01. The number of hydrogen-bond donors (Lipinski definition) is 2. The second-order valence-corrected chi connectivity index (χ2v) is 7.18. The molecule has 0 saturated carbocycles. The van der Waals surface area contributed by atoms with Crippen LogP contribution < -0.4 is 0 Å². The first-order valence-electron chi connectivity index (χ1n) is 9.42. The molecule has 0 aromatic heterocycles. The third-order valence-electron chi connectivity index (χ3n) is 5.50. The highest BCUT2D eigenvalue weighted by Crippen LogP contribution is 2.29. The summed E-state index contributed by atoms with van der Waals surface area (Å²) in [5, 5.41) is 20.2. The third-order valence-corrected chi connectivity index (χ3v) is 5.50. The molecule has 25 heavy (non-hydrogen) atoms. The van der Waals surface area contributed by atoms with E-state index in [0.717, 1.165) is 37.4 Å². The molecule has 0 radical (unpaired) electrons. The Bertz CT molecular complexity index is 633. The zero-order chi connectivity index (χ0) is 17.6. The van der Waals surface area contributed by atoms with Gasteiger partial charge in [-0.15, -0.1) is 0 Å². The SMILES string of the molecule is CC[C@@H]([C@H](O)c1ccc(O)cc1)N1CCC(Cc2ccccc2)CC1. The highest BCUT2D eigenvalue weighted by atomic mass is 16.3. The number of phenolic OH excluding ortho intramolecular Hbond substituents is 1. The first-order chi connectivity index (χ1) is 12.2. The van der Waals surface area contributed by atoms with Gasteiger partial charge in [-0.3, -0.25) is 4.90 Å². The first-order valence-corrected chi connectivity index (χ1v) is 9.42. The standard InChI is InChI=1S/C22H29NO2/c1-2-21(22(25)19-8-10-20(24)11-9-19)23-14-12-18(13-15-23)16-17-6-4-3-5-7-17/h3-11,18,21-22,24-25H,2,12-16H2,1H3/t21-,22+/m0/s1. The fourth-order valence-corrected chi connectivity index (χ4v) is 4.01. The lowest BCUT2D eigenvalue weighted by atomic mass is 9.88. The molecule has 3 rings (SSSR count). The number of aliphatic hydroxyl groups excluding tert-OH is 1. The van der Waals surface area contributed by atoms with Crippen molar-refractivity contribution in [3.63, 3.8) is 0 Å². The maximum atomic E-state index is 10.8. The van der Waals surface area contributed by atoms with Crippen molar-refractivity contribution in [2.75, 3.05) is 13.1 Å². The topological polar surface area (TPSA) is 43.7 Å². The molecular formula is C22H29NO2. The van der Waals surface area contributed by atoms with Crippen molar-refractivity contribution in [1.29, 1.82) is 0 Å². The van der Waals surface area contributed by atoms with Gasteiger partial charge >= 0.3 is 0 Å². The monoisotopic (exact) mass is 339 g/mol. The number of piperidine rings is 1. The molecule has 2 aromatic carbocycles. The summed E-state index contributed by atoms with van der Waals surface area (Å²) in [7, 11) is 0. The predicted octanol–water partition coefficient (Wildman–Crippen LogP) is 4.16. The Kier molecular flexibility index (Phi) is 6.11. The summed E-state index contributed by atoms with van der Waals surface area (Å²) < 4.78 is 0. The second-order valence-electron chi connectivity index (χ2n) is 7.18. The van der Waals surface area contributed by atoms with Gasteiger partial charge in [0.05, 0.1) is 6.10 Å². The van der Waals surface area contributed by atoms with E-state index in [0.29, 0.717) is 0 Å². The summed E-state index contributed by atoms with van der Waals surface area (Å²) in [6.45, 7) is 4.24. The largest absolute Gasteiger partial charge is 0.508 e. The number of nitrogens with zero attached hydrogens (tertiary/aromatic N) is 1. The molecule has 2 aromatic rings. The van der Waals surface area contributed by atoms with Gasteiger partial charge in [0.25, 0.3) is 0 Å². The molecule has 0 amide bonds. The lowest BCUT2D eigenvalue weighted by Gasteiger charge is -2.39. The Hall–Kier alpha value is -1.84. The molecule has 3 heteroatoms. The molecule has 2 atom stereocenters. The van der Waals surface area contributed by atoms with Crippen LogP contribution in [-0.4, -0.2) is 34.2 Å². The van der Waals surface area contributed by atoms with Crippen molar-refractivity contribution in [3.05, 3.63) is 65.7 Å². The van der Waals surface area contributed by atoms with Crippen LogP contribution in [0.15, 0.2) is 54.6 Å². The van der Waals surface area contributed by atoms with Gasteiger partial charge in [-0.25, -0.2) is 0 Å². The van der Waals surface area contributed by atoms with Crippen molar-refractivity contribution >= 4 is 0 Å². The number of aromatic hydroxyl groups is 1. The highest BCUT2D eigenvalue weighted by molar-refractivity contribution is 5.28. The molecule has 1 saturated heterocycles. The molecule has 3 nitrogen and oxygen atoms in total. The highest BCUT2D eigenvalue weighted by Gasteiger charge is 2.29. The van der Waals surface area contributed by atoms with Crippen molar-refractivity contribution in [1.82, 2.24) is 4.90 Å². The maximum Gasteiger partial charge on any atom is 0.115 e. The minimum Gasteiger partial charge on any atom is -0.508 e. The molecule has 1 fully saturated rings. The van der Waals surface area contributed by atoms with E-state index in [2.05, 4.69) is 42.2 Å². The lowest BCUT2D eigenvalue weighted by Crippen LogP contribution is -2.44. The molecule has 0 spiro atoms. The fraction of sp³-hybridized carbons (Fsp3) is 0.455. The molecule has 0 unspecified atom stereocenters. The van der Waals surface area contributed by atoms with Gasteiger partial charge in [0, 0.05) is 6.04 Å². The van der Waals surface area contributed by atoms with Gasteiger partial charge in [-0.2, -0.15) is 0 Å². The van der Waals surface area contributed by atoms with Crippen LogP contribution in [0.1, 0.15) is 43.4 Å². The van der Waals surface area contributed by atoms with Crippen molar-refractivity contribution < 1.29 is 10.2 Å². The summed E-state index contributed by atoms with van der Waals surface area (Å²) in [6, 6.07) is 17.8. The lowest BCUT2D eigenvalue weighted by molar-refractivity contribution is 0.0260. The minimum absolute atomic E-state index is 0.141. The van der Waals surface area contributed by atoms with Gasteiger partial charge in [-0.1, -0.05) is 49.4 Å². The van der Waals surface area contributed by atoms with E-state index in [1.54, 1.807) is 12.1 Å². The summed E-state index contributed by atoms with van der Waals surface area (Å²) in [6.07, 6.45) is 3.95. The summed E-state index contributed by atoms with van der Waals surface area (Å²) in [5.41, 5.74) is 2.31. The van der Waals surface area contributed by atoms with Crippen LogP contribution >= 0.6 is 0 Å². The van der Waals surface area contributed by atoms with E-state index < -0.39 is 6.10 Å². The Morgan fingerprint density at radius 3 is 2.24 bits per heavy atom. The zero-order valence-corrected chi connectivity index (χ0v) is 15.0. The van der Waals surface area contributed by atoms with E-state index in [1.165, 1.54) is 18.4 Å². The van der Waals surface area contributed by atoms with Crippen LogP contribution in [0.5, 0.6) is 5.75 Å². The van der Waals surface area contributed by atoms with Crippen LogP contribution in [0.2, 0.25) is 0 Å². The molecule has 1 aliphatic rings. The Morgan fingerprint density at radius 1 is 1.00 bits per heavy atom. The molecule has 2 N–H and O–H groups in total. The van der Waals surface area contributed by atoms with Crippen molar-refractivity contribution in [2.45, 2.75) is 44.8 Å². The van der Waals surface area contributed by atoms with E-state index in [9.17, 15) is 10.2 Å². The maximum absolute atomic E-state index is 10.8. The number of aliphatic hydroxyl groups is 1. The number of rotatable bonds is 6. The van der Waals surface area contributed by atoms with Crippen LogP contribution in [0, 0.1) is 5.92 Å². The zero-order valence-electron chi connectivity index (χ0n) is 15.0. The average Bonchev–Trinajstić information content (AvgIpc) is 2.65. The van der Waals surface area contributed by atoms with Crippen molar-refractivity contribution in [2.24, 2.45) is 5.92 Å². The van der Waals surface area contributed by atoms with Gasteiger partial charge in [-0.05, 0) is 68.0 Å². The molecule has 134 valence electrons. The smallest absolute Gasteiger partial charge is 0.115 e. The number of benzene rings is 2. The Morgan fingerprint density at radius 2 is 1.64 bits per heavy atom. The van der Waals surface area contributed by atoms with E-state index in [-0.39, 0.29) is 11.8 Å². The molecule has 1 heterocycles. The van der Waals surface area contributed by atoms with Crippen LogP contribution in [0.4, 0.5) is 0 Å². The van der Waals surface area contributed by atoms with Crippen molar-refractivity contribution in [3.8, 4) is 5.75 Å². The Balaban J connectivity index is 1.57. The van der Waals surface area contributed by atoms with Crippen LogP contribution in [0.25, 0.3) is 0 Å². The van der Waals surface area contributed by atoms with E-state index >= 15 is 0 Å². The molecule has 0 aliphatic carbocycles. The summed E-state index contributed by atoms with van der Waals surface area (Å²) in [5.74, 6) is 0.979. The normalized spacial score (nSPS) is 18.8. The predicted molar refractivity (Wildman–Crippen MR) is 102 cm³/mol. The van der Waals surface area contributed by atoms with Crippen LogP contribution in [-0.2, 0) is 6.42 Å². The van der Waals surface area contributed by atoms with E-state index in [4.69, 9.17) is 0 Å². The van der Waals surface area contributed by atoms with Gasteiger partial charge < -0.3 is 10.2 Å². The minimum atomic E-state index is -0.503. The average molecular weight is 339 g/mol. The quantitative estimate of drug-likeness (QED) is 0.830. The second kappa shape index (κ2) is 8.50. The molecular weight excluding hydrogens is 310 g/mol. The third kappa shape index (κ3) is 4.62. The first kappa shape index (κ1) is 18.0. The number of hydrogen-bond acceptors (Lipinski definition) is 3. The van der Waals surface area contributed by atoms with Crippen LogP contribution in [0.3, 0.4) is 0 Å². The summed E-state index contributed by atoms with van der Waals surface area (Å²) >= 11 is 0. The summed E-state index contributed by atoms with van der Waals surface area (Å²) in [4.78, 5) is 2.44. The van der Waals surface area contributed by atoms with E-state index in [1.807, 2.05) is 12.1 Å². The molecule has 0 bridgehead atoms. The Labute approximate surface area is 150 Å². The number of likely N-dealkylation sites (tertiary alicyclic amines) is 1. The van der Waals surface area contributed by atoms with Gasteiger partial charge in [0.1, 0.15) is 5.75 Å². The van der Waals surface area contributed by atoms with Gasteiger partial charge in [0.15, 0.2) is 0 Å². The number of phenols is 1. The van der Waals surface area contributed by atoms with Gasteiger partial charge in [0.2, 0.25) is 0 Å². The molecule has 1 aliphatic heterocycles.